The zero-order valence-electron chi connectivity index (χ0n) is 24.2. The molecule has 0 aliphatic carbocycles. The van der Waals surface area contributed by atoms with Gasteiger partial charge in [-0.25, -0.2) is 9.59 Å². The van der Waals surface area contributed by atoms with Crippen LogP contribution in [0.3, 0.4) is 0 Å². The second-order valence-corrected chi connectivity index (χ2v) is 11.2. The van der Waals surface area contributed by atoms with Gasteiger partial charge in [0, 0.05) is 49.5 Å². The first kappa shape index (κ1) is 30.7. The van der Waals surface area contributed by atoms with E-state index in [-0.39, 0.29) is 0 Å². The van der Waals surface area contributed by atoms with Gasteiger partial charge in [0.25, 0.3) is 0 Å². The van der Waals surface area contributed by atoms with Gasteiger partial charge in [0.2, 0.25) is 0 Å². The van der Waals surface area contributed by atoms with Gasteiger partial charge in [0.05, 0.1) is 0 Å². The van der Waals surface area contributed by atoms with Crippen LogP contribution < -0.4 is 4.90 Å². The average Bonchev–Trinajstić information content (AvgIpc) is 3.39. The molecule has 0 unspecified atom stereocenters. The van der Waals surface area contributed by atoms with Gasteiger partial charge >= 0.3 is 11.9 Å². The zero-order chi connectivity index (χ0) is 29.9. The molecule has 2 aliphatic rings. The molecule has 3 aromatic rings. The van der Waals surface area contributed by atoms with E-state index in [1.807, 2.05) is 0 Å². The molecule has 5 rings (SSSR count). The highest BCUT2D eigenvalue weighted by Gasteiger charge is 2.23. The highest BCUT2D eigenvalue weighted by Crippen LogP contribution is 2.31. The summed E-state index contributed by atoms with van der Waals surface area (Å²) in [5.74, 6) is -1.53. The molecule has 1 fully saturated rings. The first-order valence-corrected chi connectivity index (χ1v) is 14.6. The first-order chi connectivity index (χ1) is 20.3. The van der Waals surface area contributed by atoms with E-state index in [0.717, 1.165) is 51.1 Å². The summed E-state index contributed by atoms with van der Waals surface area (Å²) in [4.78, 5) is 37.1. The van der Waals surface area contributed by atoms with Crippen molar-refractivity contribution >= 4 is 23.4 Å². The molecule has 1 saturated heterocycles. The van der Waals surface area contributed by atoms with Gasteiger partial charge in [-0.15, -0.1) is 0 Å². The molecule has 2 aliphatic heterocycles. The molecule has 220 valence electrons. The van der Waals surface area contributed by atoms with Gasteiger partial charge in [0.1, 0.15) is 0 Å². The van der Waals surface area contributed by atoms with E-state index in [2.05, 4.69) is 89.5 Å². The van der Waals surface area contributed by atoms with E-state index in [9.17, 15) is 14.4 Å². The molecule has 0 spiro atoms. The summed E-state index contributed by atoms with van der Waals surface area (Å²) in [6.45, 7) is 7.42. The van der Waals surface area contributed by atoms with Crippen LogP contribution in [0.15, 0.2) is 84.9 Å². The van der Waals surface area contributed by atoms with Gasteiger partial charge in [-0.1, -0.05) is 60.2 Å². The van der Waals surface area contributed by atoms with Crippen molar-refractivity contribution in [3.05, 3.63) is 113 Å². The van der Waals surface area contributed by atoms with Crippen molar-refractivity contribution in [2.45, 2.75) is 52.1 Å². The molecule has 7 nitrogen and oxygen atoms in total. The van der Waals surface area contributed by atoms with E-state index < -0.39 is 11.9 Å². The van der Waals surface area contributed by atoms with Crippen LogP contribution in [0.1, 0.15) is 58.3 Å². The zero-order valence-corrected chi connectivity index (χ0v) is 24.2. The SMILES string of the molecule is Cc1ccc(CN2CCc3cc(C(=O)CCC4CCN(Cc5ccccc5)CC4)ccc32)cc1.O=C(O)C=CC(=O)O. The Hall–Kier alpha value is -4.23. The standard InChI is InChI=1S/C31H36N2O.C4H4O4/c1-24-7-9-27(10-8-24)23-33-20-17-28-21-29(12-13-30(28)33)31(34)14-11-25-15-18-32(19-16-25)22-26-5-3-2-4-6-26;5-3(6)1-2-4(7)8/h2-10,12-13,21,25H,11,14-20,22-23H2,1H3;1-2H,(H,5,6)(H,7,8). The lowest BCUT2D eigenvalue weighted by Gasteiger charge is -2.32. The van der Waals surface area contributed by atoms with Crippen LogP contribution >= 0.6 is 0 Å². The Kier molecular flexibility index (Phi) is 11.1. The Morgan fingerprint density at radius 2 is 1.45 bits per heavy atom. The number of hydrogen-bond donors (Lipinski definition) is 2. The minimum atomic E-state index is -1.26. The van der Waals surface area contributed by atoms with Crippen molar-refractivity contribution in [2.75, 3.05) is 24.5 Å². The van der Waals surface area contributed by atoms with Gasteiger partial charge in [-0.3, -0.25) is 9.69 Å². The Bertz CT molecular complexity index is 1360. The van der Waals surface area contributed by atoms with Crippen LogP contribution in [0.25, 0.3) is 0 Å². The topological polar surface area (TPSA) is 98.2 Å². The second-order valence-electron chi connectivity index (χ2n) is 11.2. The van der Waals surface area contributed by atoms with Crippen molar-refractivity contribution in [2.24, 2.45) is 5.92 Å². The fourth-order valence-electron chi connectivity index (χ4n) is 5.62. The number of rotatable bonds is 10. The molecule has 0 atom stereocenters. The molecule has 0 amide bonds. The number of carbonyl (C=O) groups excluding carboxylic acids is 1. The van der Waals surface area contributed by atoms with E-state index in [0.29, 0.717) is 30.3 Å². The van der Waals surface area contributed by atoms with Crippen molar-refractivity contribution in [3.63, 3.8) is 0 Å². The Balaban J connectivity index is 0.000000446. The molecule has 0 saturated carbocycles. The maximum absolute atomic E-state index is 13.0. The third-order valence-corrected chi connectivity index (χ3v) is 7.99. The van der Waals surface area contributed by atoms with Crippen molar-refractivity contribution in [1.82, 2.24) is 4.90 Å². The molecule has 3 aromatic carbocycles. The highest BCUT2D eigenvalue weighted by atomic mass is 16.4. The van der Waals surface area contributed by atoms with Crippen LogP contribution in [0, 0.1) is 12.8 Å². The number of aryl methyl sites for hydroxylation is 1. The summed E-state index contributed by atoms with van der Waals surface area (Å²) in [6, 6.07) is 25.9. The minimum absolute atomic E-state index is 0.312. The molecular formula is C35H40N2O5. The molecule has 0 aromatic heterocycles. The van der Waals surface area contributed by atoms with E-state index >= 15 is 0 Å². The van der Waals surface area contributed by atoms with Crippen LogP contribution in [0.4, 0.5) is 5.69 Å². The molecule has 0 bridgehead atoms. The summed E-state index contributed by atoms with van der Waals surface area (Å²) in [7, 11) is 0. The molecule has 42 heavy (non-hydrogen) atoms. The van der Waals surface area contributed by atoms with Gasteiger partial charge in [0.15, 0.2) is 5.78 Å². The third-order valence-electron chi connectivity index (χ3n) is 7.99. The number of hydrogen-bond acceptors (Lipinski definition) is 5. The van der Waals surface area contributed by atoms with E-state index in [4.69, 9.17) is 10.2 Å². The summed E-state index contributed by atoms with van der Waals surface area (Å²) in [6.07, 6.45) is 6.26. The Morgan fingerprint density at radius 3 is 2.10 bits per heavy atom. The fraction of sp³-hybridized carbons (Fsp3) is 0.343. The van der Waals surface area contributed by atoms with Crippen LogP contribution in [0.5, 0.6) is 0 Å². The molecule has 2 heterocycles. The summed E-state index contributed by atoms with van der Waals surface area (Å²) < 4.78 is 0. The van der Waals surface area contributed by atoms with Crippen LogP contribution in [0.2, 0.25) is 0 Å². The number of fused-ring (bicyclic) bond motifs is 1. The maximum Gasteiger partial charge on any atom is 0.328 e. The van der Waals surface area contributed by atoms with E-state index in [1.54, 1.807) is 0 Å². The van der Waals surface area contributed by atoms with Gasteiger partial charge in [-0.05, 0) is 86.5 Å². The summed E-state index contributed by atoms with van der Waals surface area (Å²) in [5, 5.41) is 15.6. The van der Waals surface area contributed by atoms with E-state index in [1.165, 1.54) is 40.8 Å². The third kappa shape index (κ3) is 9.42. The Morgan fingerprint density at radius 1 is 0.810 bits per heavy atom. The highest BCUT2D eigenvalue weighted by molar-refractivity contribution is 5.96. The Labute approximate surface area is 248 Å². The number of piperidine rings is 1. The number of anilines is 1. The number of carboxylic acid groups (broad SMARTS) is 2. The average molecular weight is 569 g/mol. The number of Topliss-reactive ketones (excluding diaryl/α,β-unsaturated/α-hetero) is 1. The predicted molar refractivity (Wildman–Crippen MR) is 165 cm³/mol. The number of carbonyl (C=O) groups is 3. The number of carboxylic acids is 2. The first-order valence-electron chi connectivity index (χ1n) is 14.6. The molecule has 2 N–H and O–H groups in total. The smallest absolute Gasteiger partial charge is 0.328 e. The number of benzene rings is 3. The van der Waals surface area contributed by atoms with Crippen LogP contribution in [-0.4, -0.2) is 52.5 Å². The van der Waals surface area contributed by atoms with Crippen molar-refractivity contribution < 1.29 is 24.6 Å². The lowest BCUT2D eigenvalue weighted by molar-refractivity contribution is -0.134. The van der Waals surface area contributed by atoms with Gasteiger partial charge < -0.3 is 15.1 Å². The van der Waals surface area contributed by atoms with Gasteiger partial charge in [-0.2, -0.15) is 0 Å². The number of likely N-dealkylation sites (tertiary alicyclic amines) is 1. The predicted octanol–water partition coefficient (Wildman–Crippen LogP) is 6.14. The molecular weight excluding hydrogens is 528 g/mol. The lowest BCUT2D eigenvalue weighted by atomic mass is 9.90. The number of aliphatic carboxylic acids is 2. The maximum atomic E-state index is 13.0. The monoisotopic (exact) mass is 568 g/mol. The minimum Gasteiger partial charge on any atom is -0.478 e. The normalized spacial score (nSPS) is 15.2. The molecule has 0 radical (unpaired) electrons. The quantitative estimate of drug-likeness (QED) is 0.224. The van der Waals surface area contributed by atoms with Crippen molar-refractivity contribution in [1.29, 1.82) is 0 Å². The van der Waals surface area contributed by atoms with Crippen LogP contribution in [-0.2, 0) is 29.1 Å². The number of nitrogens with zero attached hydrogens (tertiary/aromatic N) is 2. The number of ketones is 1. The summed E-state index contributed by atoms with van der Waals surface area (Å²) in [5.41, 5.74) is 7.55. The molecule has 7 heteroatoms. The second kappa shape index (κ2) is 15.1. The van der Waals surface area contributed by atoms with Crippen molar-refractivity contribution in [3.8, 4) is 0 Å². The largest absolute Gasteiger partial charge is 0.478 e. The fourth-order valence-corrected chi connectivity index (χ4v) is 5.62. The lowest BCUT2D eigenvalue weighted by Crippen LogP contribution is -2.33. The summed E-state index contributed by atoms with van der Waals surface area (Å²) >= 11 is 0.